The highest BCUT2D eigenvalue weighted by molar-refractivity contribution is 6.32. The smallest absolute Gasteiger partial charge is 0.195 e. The predicted octanol–water partition coefficient (Wildman–Crippen LogP) is 4.84. The molecule has 2 nitrogen and oxygen atoms in total. The zero-order chi connectivity index (χ0) is 14.3. The van der Waals surface area contributed by atoms with Crippen LogP contribution in [0.3, 0.4) is 0 Å². The summed E-state index contributed by atoms with van der Waals surface area (Å²) in [7, 11) is 0. The van der Waals surface area contributed by atoms with E-state index >= 15 is 0 Å². The normalized spacial score (nSPS) is 10.9. The van der Waals surface area contributed by atoms with Gasteiger partial charge in [0.05, 0.1) is 5.02 Å². The number of fused-ring (bicyclic) bond motifs is 1. The zero-order valence-electron chi connectivity index (χ0n) is 10.1. The van der Waals surface area contributed by atoms with Crippen molar-refractivity contribution < 1.29 is 9.18 Å². The molecule has 1 N–H and O–H groups in total. The summed E-state index contributed by atoms with van der Waals surface area (Å²) in [4.78, 5) is 15.4. The fourth-order valence-corrected chi connectivity index (χ4v) is 2.36. The highest BCUT2D eigenvalue weighted by atomic mass is 35.5. The predicted molar refractivity (Wildman–Crippen MR) is 78.2 cm³/mol. The SMILES string of the molecule is O=C(c1ccc(Cl)c(F)c1)c1c[nH]c2ccc(Cl)cc12. The Balaban J connectivity index is 2.12. The van der Waals surface area contributed by atoms with E-state index < -0.39 is 5.82 Å². The molecule has 0 aliphatic carbocycles. The van der Waals surface area contributed by atoms with Gasteiger partial charge in [0.25, 0.3) is 0 Å². The van der Waals surface area contributed by atoms with E-state index in [1.165, 1.54) is 12.1 Å². The first-order valence-corrected chi connectivity index (χ1v) is 6.58. The molecule has 0 aliphatic rings. The van der Waals surface area contributed by atoms with Crippen molar-refractivity contribution in [3.63, 3.8) is 0 Å². The lowest BCUT2D eigenvalue weighted by Crippen LogP contribution is -2.01. The van der Waals surface area contributed by atoms with E-state index in [0.29, 0.717) is 16.0 Å². The van der Waals surface area contributed by atoms with Gasteiger partial charge in [-0.3, -0.25) is 4.79 Å². The first-order valence-electron chi connectivity index (χ1n) is 5.82. The average Bonchev–Trinajstić information content (AvgIpc) is 2.84. The number of benzene rings is 2. The zero-order valence-corrected chi connectivity index (χ0v) is 11.6. The van der Waals surface area contributed by atoms with Crippen LogP contribution in [0.1, 0.15) is 15.9 Å². The van der Waals surface area contributed by atoms with Gasteiger partial charge in [-0.1, -0.05) is 23.2 Å². The fraction of sp³-hybridized carbons (Fsp3) is 0. The van der Waals surface area contributed by atoms with E-state index in [0.717, 1.165) is 11.6 Å². The first kappa shape index (κ1) is 13.2. The van der Waals surface area contributed by atoms with Gasteiger partial charge in [0.1, 0.15) is 5.82 Å². The molecule has 3 aromatic rings. The molecule has 1 aromatic heterocycles. The molecule has 0 unspecified atom stereocenters. The van der Waals surface area contributed by atoms with Crippen LogP contribution in [0.2, 0.25) is 10.0 Å². The highest BCUT2D eigenvalue weighted by Gasteiger charge is 2.15. The summed E-state index contributed by atoms with van der Waals surface area (Å²) in [6, 6.07) is 9.22. The molecule has 5 heteroatoms. The van der Waals surface area contributed by atoms with Crippen molar-refractivity contribution in [3.05, 3.63) is 69.6 Å². The van der Waals surface area contributed by atoms with Crippen LogP contribution in [0.25, 0.3) is 10.9 Å². The summed E-state index contributed by atoms with van der Waals surface area (Å²) in [5, 5.41) is 1.23. The number of carbonyl (C=O) groups excluding carboxylic acids is 1. The minimum absolute atomic E-state index is 0.0106. The Morgan fingerprint density at radius 3 is 2.65 bits per heavy atom. The minimum Gasteiger partial charge on any atom is -0.360 e. The molecular formula is C15H8Cl2FNO. The maximum Gasteiger partial charge on any atom is 0.195 e. The van der Waals surface area contributed by atoms with Gasteiger partial charge in [-0.25, -0.2) is 4.39 Å². The number of hydrogen-bond acceptors (Lipinski definition) is 1. The number of ketones is 1. The Bertz CT molecular complexity index is 826. The molecule has 0 atom stereocenters. The Labute approximate surface area is 124 Å². The van der Waals surface area contributed by atoms with Gasteiger partial charge in [-0.15, -0.1) is 0 Å². The number of aromatic nitrogens is 1. The molecule has 1 heterocycles. The molecule has 20 heavy (non-hydrogen) atoms. The number of halogens is 3. The summed E-state index contributed by atoms with van der Waals surface area (Å²) in [6.45, 7) is 0. The van der Waals surface area contributed by atoms with Crippen molar-refractivity contribution >= 4 is 39.9 Å². The number of rotatable bonds is 2. The largest absolute Gasteiger partial charge is 0.360 e. The van der Waals surface area contributed by atoms with E-state index in [-0.39, 0.29) is 16.4 Å². The van der Waals surface area contributed by atoms with Crippen molar-refractivity contribution in [2.75, 3.05) is 0 Å². The maximum atomic E-state index is 13.4. The second kappa shape index (κ2) is 4.93. The van der Waals surface area contributed by atoms with Crippen LogP contribution in [-0.4, -0.2) is 10.8 Å². The third kappa shape index (κ3) is 2.19. The molecule has 0 fully saturated rings. The van der Waals surface area contributed by atoms with Crippen LogP contribution in [-0.2, 0) is 0 Å². The van der Waals surface area contributed by atoms with Crippen LogP contribution in [0.15, 0.2) is 42.6 Å². The molecule has 0 bridgehead atoms. The van der Waals surface area contributed by atoms with Gasteiger partial charge in [0, 0.05) is 33.2 Å². The van der Waals surface area contributed by atoms with E-state index in [2.05, 4.69) is 4.98 Å². The van der Waals surface area contributed by atoms with Crippen LogP contribution < -0.4 is 0 Å². The Hall–Kier alpha value is -1.84. The number of nitrogens with one attached hydrogen (secondary N) is 1. The van der Waals surface area contributed by atoms with Gasteiger partial charge in [0.15, 0.2) is 5.78 Å². The first-order chi connectivity index (χ1) is 9.56. The summed E-state index contributed by atoms with van der Waals surface area (Å²) in [5.74, 6) is -0.899. The van der Waals surface area contributed by atoms with E-state index in [1.54, 1.807) is 24.4 Å². The quantitative estimate of drug-likeness (QED) is 0.675. The van der Waals surface area contributed by atoms with Crippen LogP contribution >= 0.6 is 23.2 Å². The van der Waals surface area contributed by atoms with Gasteiger partial charge in [-0.2, -0.15) is 0 Å². The third-order valence-electron chi connectivity index (χ3n) is 3.07. The van der Waals surface area contributed by atoms with Crippen molar-refractivity contribution in [2.45, 2.75) is 0 Å². The maximum absolute atomic E-state index is 13.4. The summed E-state index contributed by atoms with van der Waals surface area (Å²) in [6.07, 6.45) is 1.59. The molecule has 0 saturated carbocycles. The fourth-order valence-electron chi connectivity index (χ4n) is 2.07. The minimum atomic E-state index is -0.615. The molecule has 100 valence electrons. The Morgan fingerprint density at radius 1 is 1.10 bits per heavy atom. The standard InChI is InChI=1S/C15H8Cl2FNO/c16-9-2-4-14-10(6-9)11(7-19-14)15(20)8-1-3-12(17)13(18)5-8/h1-7,19H. The number of aromatic amines is 1. The molecule has 0 spiro atoms. The lowest BCUT2D eigenvalue weighted by atomic mass is 10.0. The van der Waals surface area contributed by atoms with Crippen LogP contribution in [0.5, 0.6) is 0 Å². The molecular weight excluding hydrogens is 300 g/mol. The molecule has 0 aliphatic heterocycles. The molecule has 0 amide bonds. The number of carbonyl (C=O) groups is 1. The van der Waals surface area contributed by atoms with Crippen LogP contribution in [0, 0.1) is 5.82 Å². The average molecular weight is 308 g/mol. The second-order valence-corrected chi connectivity index (χ2v) is 5.19. The van der Waals surface area contributed by atoms with Crippen molar-refractivity contribution in [1.82, 2.24) is 4.98 Å². The molecule has 2 aromatic carbocycles. The second-order valence-electron chi connectivity index (χ2n) is 4.35. The molecule has 0 radical (unpaired) electrons. The van der Waals surface area contributed by atoms with Gasteiger partial charge >= 0.3 is 0 Å². The summed E-state index contributed by atoms with van der Waals surface area (Å²) >= 11 is 11.6. The highest BCUT2D eigenvalue weighted by Crippen LogP contribution is 2.25. The lowest BCUT2D eigenvalue weighted by molar-refractivity contribution is 0.104. The van der Waals surface area contributed by atoms with Crippen LogP contribution in [0.4, 0.5) is 4.39 Å². The summed E-state index contributed by atoms with van der Waals surface area (Å²) < 4.78 is 13.4. The van der Waals surface area contributed by atoms with Crippen molar-refractivity contribution in [1.29, 1.82) is 0 Å². The van der Waals surface area contributed by atoms with E-state index in [1.807, 2.05) is 0 Å². The Kier molecular flexibility index (Phi) is 3.24. The summed E-state index contributed by atoms with van der Waals surface area (Å²) in [5.41, 5.74) is 1.49. The monoisotopic (exact) mass is 307 g/mol. The molecule has 0 saturated heterocycles. The van der Waals surface area contributed by atoms with Gasteiger partial charge < -0.3 is 4.98 Å². The van der Waals surface area contributed by atoms with Crippen molar-refractivity contribution in [2.24, 2.45) is 0 Å². The van der Waals surface area contributed by atoms with Gasteiger partial charge in [-0.05, 0) is 36.4 Å². The Morgan fingerprint density at radius 2 is 1.90 bits per heavy atom. The van der Waals surface area contributed by atoms with E-state index in [9.17, 15) is 9.18 Å². The number of hydrogen-bond donors (Lipinski definition) is 1. The van der Waals surface area contributed by atoms with Crippen molar-refractivity contribution in [3.8, 4) is 0 Å². The third-order valence-corrected chi connectivity index (χ3v) is 3.61. The van der Waals surface area contributed by atoms with E-state index in [4.69, 9.17) is 23.2 Å². The topological polar surface area (TPSA) is 32.9 Å². The number of H-pyrrole nitrogens is 1. The van der Waals surface area contributed by atoms with Gasteiger partial charge in [0.2, 0.25) is 0 Å². The molecule has 3 rings (SSSR count). The lowest BCUT2D eigenvalue weighted by Gasteiger charge is -2.01.